The van der Waals surface area contributed by atoms with Gasteiger partial charge in [-0.2, -0.15) is 18.4 Å². The molecule has 130 valence electrons. The average Bonchev–Trinajstić information content (AvgIpc) is 2.99. The average molecular weight is 357 g/mol. The molecule has 0 fully saturated rings. The van der Waals surface area contributed by atoms with Crippen LogP contribution in [-0.2, 0) is 23.8 Å². The maximum atomic E-state index is 13.4. The Labute approximate surface area is 143 Å². The Morgan fingerprint density at radius 3 is 2.54 bits per heavy atom. The number of fused-ring (bicyclic) bond motifs is 1. The fourth-order valence-corrected chi connectivity index (χ4v) is 3.79. The standard InChI is InChI=1S/C16H18F3N3OS/c1-3-22(4-2)13(23)9-24-15-11(8-20)14(16(17,18)19)10-6-5-7-12(10)21-15/h3-7,9H2,1-2H3. The topological polar surface area (TPSA) is 57.0 Å². The number of aryl methyl sites for hydroxylation is 1. The predicted molar refractivity (Wildman–Crippen MR) is 84.6 cm³/mol. The predicted octanol–water partition coefficient (Wildman–Crippen LogP) is 3.42. The molecule has 0 saturated heterocycles. The molecule has 1 aromatic heterocycles. The van der Waals surface area contributed by atoms with Crippen molar-refractivity contribution in [3.63, 3.8) is 0 Å². The highest BCUT2D eigenvalue weighted by atomic mass is 32.2. The minimum Gasteiger partial charge on any atom is -0.343 e. The van der Waals surface area contributed by atoms with Crippen molar-refractivity contribution in [3.05, 3.63) is 22.4 Å². The van der Waals surface area contributed by atoms with Crippen LogP contribution in [0.15, 0.2) is 5.03 Å². The van der Waals surface area contributed by atoms with Crippen LogP contribution < -0.4 is 0 Å². The summed E-state index contributed by atoms with van der Waals surface area (Å²) < 4.78 is 40.3. The molecule has 0 atom stereocenters. The minimum atomic E-state index is -4.60. The van der Waals surface area contributed by atoms with Gasteiger partial charge in [-0.15, -0.1) is 0 Å². The maximum absolute atomic E-state index is 13.4. The van der Waals surface area contributed by atoms with Crippen molar-refractivity contribution in [1.29, 1.82) is 5.26 Å². The molecule has 1 aromatic rings. The first-order valence-electron chi connectivity index (χ1n) is 7.77. The smallest absolute Gasteiger partial charge is 0.343 e. The first kappa shape index (κ1) is 18.6. The van der Waals surface area contributed by atoms with E-state index in [1.54, 1.807) is 11.0 Å². The van der Waals surface area contributed by atoms with E-state index in [1.807, 2.05) is 13.8 Å². The number of nitriles is 1. The zero-order valence-corrected chi connectivity index (χ0v) is 14.4. The zero-order valence-electron chi connectivity index (χ0n) is 13.5. The molecule has 0 saturated carbocycles. The second kappa shape index (κ2) is 7.43. The van der Waals surface area contributed by atoms with E-state index in [2.05, 4.69) is 4.98 Å². The largest absolute Gasteiger partial charge is 0.418 e. The van der Waals surface area contributed by atoms with Crippen molar-refractivity contribution in [2.45, 2.75) is 44.3 Å². The van der Waals surface area contributed by atoms with Crippen LogP contribution >= 0.6 is 11.8 Å². The van der Waals surface area contributed by atoms with E-state index in [1.165, 1.54) is 0 Å². The number of aromatic nitrogens is 1. The number of hydrogen-bond donors (Lipinski definition) is 0. The lowest BCUT2D eigenvalue weighted by atomic mass is 10.0. The fourth-order valence-electron chi connectivity index (χ4n) is 2.88. The Balaban J connectivity index is 2.38. The summed E-state index contributed by atoms with van der Waals surface area (Å²) in [7, 11) is 0. The van der Waals surface area contributed by atoms with Gasteiger partial charge in [-0.1, -0.05) is 11.8 Å². The van der Waals surface area contributed by atoms with E-state index in [0.717, 1.165) is 11.8 Å². The third-order valence-corrected chi connectivity index (χ3v) is 4.99. The summed E-state index contributed by atoms with van der Waals surface area (Å²) in [5, 5.41) is 9.27. The Morgan fingerprint density at radius 1 is 1.33 bits per heavy atom. The molecule has 0 spiro atoms. The van der Waals surface area contributed by atoms with Gasteiger partial charge in [0, 0.05) is 18.8 Å². The molecule has 4 nitrogen and oxygen atoms in total. The summed E-state index contributed by atoms with van der Waals surface area (Å²) in [6, 6.07) is 1.65. The van der Waals surface area contributed by atoms with E-state index >= 15 is 0 Å². The molecule has 1 amide bonds. The quantitative estimate of drug-likeness (QED) is 0.758. The molecule has 0 aliphatic heterocycles. The van der Waals surface area contributed by atoms with E-state index in [-0.39, 0.29) is 28.7 Å². The van der Waals surface area contributed by atoms with Gasteiger partial charge in [-0.05, 0) is 38.7 Å². The second-order valence-electron chi connectivity index (χ2n) is 5.41. The van der Waals surface area contributed by atoms with Crippen molar-refractivity contribution in [3.8, 4) is 6.07 Å². The van der Waals surface area contributed by atoms with Crippen LogP contribution in [-0.4, -0.2) is 34.6 Å². The lowest BCUT2D eigenvalue weighted by Crippen LogP contribution is -2.32. The van der Waals surface area contributed by atoms with Gasteiger partial charge >= 0.3 is 6.18 Å². The van der Waals surface area contributed by atoms with Crippen LogP contribution in [0, 0.1) is 11.3 Å². The SMILES string of the molecule is CCN(CC)C(=O)CSc1nc2c(c(C(F)(F)F)c1C#N)CCC2. The number of nitrogens with zero attached hydrogens (tertiary/aromatic N) is 3. The Kier molecular flexibility index (Phi) is 5.75. The highest BCUT2D eigenvalue weighted by Gasteiger charge is 2.40. The molecular weight excluding hydrogens is 339 g/mol. The van der Waals surface area contributed by atoms with Gasteiger partial charge in [0.05, 0.1) is 16.9 Å². The summed E-state index contributed by atoms with van der Waals surface area (Å²) in [5.74, 6) is -0.204. The van der Waals surface area contributed by atoms with E-state index < -0.39 is 17.3 Å². The molecule has 1 heterocycles. The van der Waals surface area contributed by atoms with Crippen LogP contribution in [0.2, 0.25) is 0 Å². The number of alkyl halides is 3. The molecule has 1 aliphatic carbocycles. The Bertz CT molecular complexity index is 679. The van der Waals surface area contributed by atoms with Gasteiger partial charge in [-0.25, -0.2) is 4.98 Å². The van der Waals surface area contributed by atoms with E-state index in [4.69, 9.17) is 0 Å². The lowest BCUT2D eigenvalue weighted by Gasteiger charge is -2.19. The maximum Gasteiger partial charge on any atom is 0.418 e. The van der Waals surface area contributed by atoms with Crippen LogP contribution in [0.4, 0.5) is 13.2 Å². The molecule has 0 aromatic carbocycles. The van der Waals surface area contributed by atoms with Crippen LogP contribution in [0.25, 0.3) is 0 Å². The van der Waals surface area contributed by atoms with Gasteiger partial charge in [0.25, 0.3) is 0 Å². The zero-order chi connectivity index (χ0) is 17.9. The number of thioether (sulfide) groups is 1. The van der Waals surface area contributed by atoms with E-state index in [9.17, 15) is 23.2 Å². The molecule has 0 radical (unpaired) electrons. The first-order valence-corrected chi connectivity index (χ1v) is 8.75. The summed E-state index contributed by atoms with van der Waals surface area (Å²) >= 11 is 0.910. The summed E-state index contributed by atoms with van der Waals surface area (Å²) in [5.41, 5.74) is -0.789. The van der Waals surface area contributed by atoms with Crippen molar-refractivity contribution >= 4 is 17.7 Å². The molecular formula is C16H18F3N3OS. The number of carbonyl (C=O) groups is 1. The molecule has 0 bridgehead atoms. The number of pyridine rings is 1. The van der Waals surface area contributed by atoms with Crippen LogP contribution in [0.3, 0.4) is 0 Å². The molecule has 0 N–H and O–H groups in total. The van der Waals surface area contributed by atoms with Gasteiger partial charge in [-0.3, -0.25) is 4.79 Å². The number of rotatable bonds is 5. The second-order valence-corrected chi connectivity index (χ2v) is 6.37. The van der Waals surface area contributed by atoms with Gasteiger partial charge in [0.2, 0.25) is 5.91 Å². The Hall–Kier alpha value is -1.75. The van der Waals surface area contributed by atoms with Gasteiger partial charge in [0.15, 0.2) is 0 Å². The van der Waals surface area contributed by atoms with Crippen LogP contribution in [0.1, 0.15) is 42.7 Å². The molecule has 1 aliphatic rings. The first-order chi connectivity index (χ1) is 11.3. The van der Waals surface area contributed by atoms with Gasteiger partial charge < -0.3 is 4.90 Å². The van der Waals surface area contributed by atoms with Crippen molar-refractivity contribution < 1.29 is 18.0 Å². The molecule has 8 heteroatoms. The highest BCUT2D eigenvalue weighted by molar-refractivity contribution is 8.00. The molecule has 2 rings (SSSR count). The minimum absolute atomic E-state index is 0.00554. The fraction of sp³-hybridized carbons (Fsp3) is 0.562. The normalized spacial score (nSPS) is 13.5. The van der Waals surface area contributed by atoms with Crippen molar-refractivity contribution in [2.24, 2.45) is 0 Å². The van der Waals surface area contributed by atoms with Crippen molar-refractivity contribution in [2.75, 3.05) is 18.8 Å². The number of carbonyl (C=O) groups excluding carboxylic acids is 1. The highest BCUT2D eigenvalue weighted by Crippen LogP contribution is 2.41. The summed E-state index contributed by atoms with van der Waals surface area (Å²) in [4.78, 5) is 17.9. The third-order valence-electron chi connectivity index (χ3n) is 4.03. The lowest BCUT2D eigenvalue weighted by molar-refractivity contribution is -0.138. The third kappa shape index (κ3) is 3.66. The Morgan fingerprint density at radius 2 is 2.00 bits per heavy atom. The monoisotopic (exact) mass is 357 g/mol. The van der Waals surface area contributed by atoms with Gasteiger partial charge in [0.1, 0.15) is 11.1 Å². The van der Waals surface area contributed by atoms with E-state index in [0.29, 0.717) is 31.6 Å². The van der Waals surface area contributed by atoms with Crippen molar-refractivity contribution in [1.82, 2.24) is 9.88 Å². The number of amides is 1. The summed E-state index contributed by atoms with van der Waals surface area (Å²) in [6.45, 7) is 4.74. The summed E-state index contributed by atoms with van der Waals surface area (Å²) in [6.07, 6.45) is -3.24. The number of halogens is 3. The molecule has 24 heavy (non-hydrogen) atoms. The number of hydrogen-bond acceptors (Lipinski definition) is 4. The van der Waals surface area contributed by atoms with Crippen LogP contribution in [0.5, 0.6) is 0 Å². The molecule has 0 unspecified atom stereocenters.